The minimum absolute atomic E-state index is 0.0662. The molecule has 0 radical (unpaired) electrons. The van der Waals surface area contributed by atoms with Crippen LogP contribution in [0.1, 0.15) is 31.0 Å². The Kier molecular flexibility index (Phi) is 6.51. The van der Waals surface area contributed by atoms with Crippen LogP contribution >= 0.6 is 11.6 Å². The summed E-state index contributed by atoms with van der Waals surface area (Å²) in [5, 5.41) is 3.69. The third-order valence-corrected chi connectivity index (χ3v) is 7.05. The number of hydrogen-bond acceptors (Lipinski definition) is 5. The molecule has 0 atom stereocenters. The van der Waals surface area contributed by atoms with Crippen LogP contribution in [0.5, 0.6) is 0 Å². The van der Waals surface area contributed by atoms with E-state index in [0.29, 0.717) is 42.6 Å². The molecule has 3 aromatic rings. The fourth-order valence-electron chi connectivity index (χ4n) is 4.78. The number of aromatic nitrogens is 2. The predicted octanol–water partition coefficient (Wildman–Crippen LogP) is 3.61. The average molecular weight is 524 g/mol. The first-order valence-electron chi connectivity index (χ1n) is 12.1. The van der Waals surface area contributed by atoms with Gasteiger partial charge < -0.3 is 9.80 Å². The van der Waals surface area contributed by atoms with Crippen molar-refractivity contribution in [3.63, 3.8) is 0 Å². The smallest absolute Gasteiger partial charge is 0.282 e. The number of nitrogens with one attached hydrogen (secondary N) is 1. The van der Waals surface area contributed by atoms with Gasteiger partial charge in [-0.15, -0.1) is 0 Å². The van der Waals surface area contributed by atoms with Crippen molar-refractivity contribution in [3.8, 4) is 5.69 Å². The third kappa shape index (κ3) is 4.38. The normalized spacial score (nSPS) is 17.0. The van der Waals surface area contributed by atoms with Gasteiger partial charge in [0.25, 0.3) is 17.4 Å². The molecule has 1 saturated heterocycles. The molecule has 37 heavy (non-hydrogen) atoms. The van der Waals surface area contributed by atoms with Crippen molar-refractivity contribution >= 4 is 34.7 Å². The summed E-state index contributed by atoms with van der Waals surface area (Å²) in [4.78, 5) is 46.8. The summed E-state index contributed by atoms with van der Waals surface area (Å²) >= 11 is 6.04. The van der Waals surface area contributed by atoms with Gasteiger partial charge in [0.05, 0.1) is 22.5 Å². The number of imide groups is 1. The first-order valence-corrected chi connectivity index (χ1v) is 12.5. The summed E-state index contributed by atoms with van der Waals surface area (Å²) in [6.45, 7) is 6.28. The van der Waals surface area contributed by atoms with E-state index in [4.69, 9.17) is 11.6 Å². The number of H-pyrrole nitrogens is 1. The summed E-state index contributed by atoms with van der Waals surface area (Å²) < 4.78 is 15.0. The number of nitrogens with zero attached hydrogens (tertiary/aromatic N) is 4. The van der Waals surface area contributed by atoms with Gasteiger partial charge in [-0.1, -0.05) is 25.4 Å². The molecular weight excluding hydrogens is 497 g/mol. The standard InChI is InChI=1S/C27H27ClFN5O3/c1-16(2)23-21(26(36)34(30-23)20-8-4-17(28)5-9-20)22-24(32-14-12-31(3)13-15-32)27(37)33(25(22)35)19-10-6-18(29)7-11-19/h4-11,16,30H,12-15H2,1-3H3. The second-order valence-electron chi connectivity index (χ2n) is 9.61. The quantitative estimate of drug-likeness (QED) is 0.517. The molecule has 1 aromatic heterocycles. The largest absolute Gasteiger partial charge is 0.364 e. The van der Waals surface area contributed by atoms with Gasteiger partial charge in [0.2, 0.25) is 0 Å². The van der Waals surface area contributed by atoms with Gasteiger partial charge in [-0.3, -0.25) is 19.5 Å². The fraction of sp³-hybridized carbons (Fsp3) is 0.296. The number of piperazine rings is 1. The molecule has 0 unspecified atom stereocenters. The maximum Gasteiger partial charge on any atom is 0.282 e. The summed E-state index contributed by atoms with van der Waals surface area (Å²) in [6, 6.07) is 11.9. The molecule has 2 amide bonds. The fourth-order valence-corrected chi connectivity index (χ4v) is 4.90. The number of aromatic amines is 1. The first-order chi connectivity index (χ1) is 17.7. The highest BCUT2D eigenvalue weighted by molar-refractivity contribution is 6.45. The summed E-state index contributed by atoms with van der Waals surface area (Å²) in [5.41, 5.74) is 1.34. The van der Waals surface area contributed by atoms with E-state index in [1.54, 1.807) is 24.3 Å². The van der Waals surface area contributed by atoms with E-state index in [0.717, 1.165) is 4.90 Å². The Hall–Kier alpha value is -3.69. The molecule has 3 heterocycles. The molecule has 1 N–H and O–H groups in total. The van der Waals surface area contributed by atoms with Crippen LogP contribution in [-0.2, 0) is 9.59 Å². The first kappa shape index (κ1) is 25.0. The van der Waals surface area contributed by atoms with Crippen LogP contribution in [0.3, 0.4) is 0 Å². The number of carbonyl (C=O) groups excluding carboxylic acids is 2. The average Bonchev–Trinajstić information content (AvgIpc) is 3.34. The predicted molar refractivity (Wildman–Crippen MR) is 140 cm³/mol. The van der Waals surface area contributed by atoms with E-state index >= 15 is 0 Å². The molecule has 0 bridgehead atoms. The molecule has 0 spiro atoms. The third-order valence-electron chi connectivity index (χ3n) is 6.79. The molecule has 1 fully saturated rings. The van der Waals surface area contributed by atoms with E-state index in [1.165, 1.54) is 28.9 Å². The van der Waals surface area contributed by atoms with Crippen molar-refractivity contribution in [2.24, 2.45) is 0 Å². The second kappa shape index (κ2) is 9.64. The van der Waals surface area contributed by atoms with Crippen LogP contribution in [-0.4, -0.2) is 64.6 Å². The number of rotatable bonds is 5. The van der Waals surface area contributed by atoms with E-state index < -0.39 is 23.2 Å². The van der Waals surface area contributed by atoms with Crippen LogP contribution in [0.2, 0.25) is 5.02 Å². The Bertz CT molecular complexity index is 1450. The number of benzene rings is 2. The number of anilines is 1. The molecule has 0 aliphatic carbocycles. The lowest BCUT2D eigenvalue weighted by atomic mass is 9.98. The van der Waals surface area contributed by atoms with Crippen LogP contribution < -0.4 is 10.5 Å². The highest BCUT2D eigenvalue weighted by atomic mass is 35.5. The van der Waals surface area contributed by atoms with Crippen molar-refractivity contribution < 1.29 is 14.0 Å². The molecular formula is C27H27ClFN5O3. The Morgan fingerprint density at radius 3 is 2.05 bits per heavy atom. The number of carbonyl (C=O) groups is 2. The van der Waals surface area contributed by atoms with Crippen LogP contribution in [0.25, 0.3) is 11.3 Å². The minimum Gasteiger partial charge on any atom is -0.364 e. The lowest BCUT2D eigenvalue weighted by Gasteiger charge is -2.34. The van der Waals surface area contributed by atoms with Gasteiger partial charge in [-0.2, -0.15) is 0 Å². The molecule has 5 rings (SSSR count). The van der Waals surface area contributed by atoms with E-state index in [9.17, 15) is 18.8 Å². The topological polar surface area (TPSA) is 81.7 Å². The number of amides is 2. The molecule has 8 nitrogen and oxygen atoms in total. The van der Waals surface area contributed by atoms with Crippen molar-refractivity contribution in [3.05, 3.63) is 86.7 Å². The Labute approximate surface area is 218 Å². The molecule has 2 aliphatic rings. The molecule has 2 aliphatic heterocycles. The second-order valence-corrected chi connectivity index (χ2v) is 10.0. The van der Waals surface area contributed by atoms with Gasteiger partial charge in [-0.25, -0.2) is 14.0 Å². The molecule has 0 saturated carbocycles. The van der Waals surface area contributed by atoms with Crippen LogP contribution in [0.15, 0.2) is 59.0 Å². The SMILES string of the molecule is CC(C)c1[nH]n(-c2ccc(Cl)cc2)c(=O)c1C1=C(N2CCN(C)CC2)C(=O)N(c2ccc(F)cc2)C1=O. The Balaban J connectivity index is 1.72. The summed E-state index contributed by atoms with van der Waals surface area (Å²) in [7, 11) is 1.99. The summed E-state index contributed by atoms with van der Waals surface area (Å²) in [5.74, 6) is -1.76. The maximum atomic E-state index is 14.0. The molecule has 10 heteroatoms. The lowest BCUT2D eigenvalue weighted by Crippen LogP contribution is -2.46. The van der Waals surface area contributed by atoms with Gasteiger partial charge in [0.1, 0.15) is 11.5 Å². The molecule has 192 valence electrons. The number of hydrogen-bond donors (Lipinski definition) is 1. The highest BCUT2D eigenvalue weighted by Gasteiger charge is 2.45. The highest BCUT2D eigenvalue weighted by Crippen LogP contribution is 2.36. The zero-order valence-electron chi connectivity index (χ0n) is 20.8. The zero-order valence-corrected chi connectivity index (χ0v) is 21.6. The summed E-state index contributed by atoms with van der Waals surface area (Å²) in [6.07, 6.45) is 0. The van der Waals surface area contributed by atoms with Crippen molar-refractivity contribution in [1.82, 2.24) is 19.6 Å². The number of likely N-dealkylation sites (N-methyl/N-ethyl adjacent to an activating group) is 1. The van der Waals surface area contributed by atoms with Crippen LogP contribution in [0, 0.1) is 5.82 Å². The van der Waals surface area contributed by atoms with Gasteiger partial charge in [-0.05, 0) is 61.5 Å². The monoisotopic (exact) mass is 523 g/mol. The van der Waals surface area contributed by atoms with Gasteiger partial charge >= 0.3 is 0 Å². The van der Waals surface area contributed by atoms with Crippen molar-refractivity contribution in [2.75, 3.05) is 38.1 Å². The van der Waals surface area contributed by atoms with Crippen molar-refractivity contribution in [2.45, 2.75) is 19.8 Å². The van der Waals surface area contributed by atoms with E-state index in [1.807, 2.05) is 25.8 Å². The zero-order chi connectivity index (χ0) is 26.4. The Morgan fingerprint density at radius 2 is 1.46 bits per heavy atom. The van der Waals surface area contributed by atoms with E-state index in [-0.39, 0.29) is 28.4 Å². The van der Waals surface area contributed by atoms with Gasteiger partial charge in [0, 0.05) is 36.9 Å². The van der Waals surface area contributed by atoms with E-state index in [2.05, 4.69) is 10.00 Å². The minimum atomic E-state index is -0.605. The maximum absolute atomic E-state index is 14.0. The lowest BCUT2D eigenvalue weighted by molar-refractivity contribution is -0.120. The van der Waals surface area contributed by atoms with Crippen LogP contribution in [0.4, 0.5) is 10.1 Å². The van der Waals surface area contributed by atoms with Gasteiger partial charge in [0.15, 0.2) is 0 Å². The number of halogens is 2. The molecule has 2 aromatic carbocycles. The Morgan fingerprint density at radius 1 is 0.865 bits per heavy atom. The van der Waals surface area contributed by atoms with Crippen molar-refractivity contribution in [1.29, 1.82) is 0 Å².